The van der Waals surface area contributed by atoms with E-state index < -0.39 is 9.84 Å². The topological polar surface area (TPSA) is 101 Å². The van der Waals surface area contributed by atoms with Crippen LogP contribution in [-0.2, 0) is 9.84 Å². The van der Waals surface area contributed by atoms with Gasteiger partial charge in [0.1, 0.15) is 0 Å². The van der Waals surface area contributed by atoms with Crippen molar-refractivity contribution in [1.29, 1.82) is 0 Å². The molecule has 3 heterocycles. The zero-order valence-electron chi connectivity index (χ0n) is 14.4. The number of nitrogens with one attached hydrogen (secondary N) is 2. The first-order valence-corrected chi connectivity index (χ1v) is 10.6. The van der Waals surface area contributed by atoms with Gasteiger partial charge >= 0.3 is 0 Å². The van der Waals surface area contributed by atoms with E-state index in [-0.39, 0.29) is 17.5 Å². The average molecular weight is 379 g/mol. The van der Waals surface area contributed by atoms with Gasteiger partial charge in [0.05, 0.1) is 28.7 Å². The van der Waals surface area contributed by atoms with Crippen LogP contribution in [0.25, 0.3) is 32.9 Å². The van der Waals surface area contributed by atoms with E-state index in [9.17, 15) is 8.42 Å². The summed E-state index contributed by atoms with van der Waals surface area (Å²) in [6, 6.07) is 12.0. The molecule has 1 unspecified atom stereocenters. The molecule has 0 amide bonds. The first kappa shape index (κ1) is 16.2. The number of H-pyrrole nitrogens is 1. The van der Waals surface area contributed by atoms with Crippen LogP contribution in [0.4, 0.5) is 5.95 Å². The van der Waals surface area contributed by atoms with Gasteiger partial charge in [-0.25, -0.2) is 18.4 Å². The Balaban J connectivity index is 1.52. The Morgan fingerprint density at radius 3 is 2.93 bits per heavy atom. The first-order valence-electron chi connectivity index (χ1n) is 8.74. The molecule has 0 saturated carbocycles. The smallest absolute Gasteiger partial charge is 0.223 e. The molecule has 1 atom stereocenters. The molecule has 1 aliphatic rings. The van der Waals surface area contributed by atoms with Crippen LogP contribution in [-0.4, -0.2) is 46.1 Å². The van der Waals surface area contributed by atoms with Crippen molar-refractivity contribution in [3.8, 4) is 11.1 Å². The molecule has 0 spiro atoms. The van der Waals surface area contributed by atoms with Gasteiger partial charge in [-0.15, -0.1) is 0 Å². The van der Waals surface area contributed by atoms with Crippen LogP contribution in [0, 0.1) is 0 Å². The maximum absolute atomic E-state index is 11.6. The standard InChI is InChI=1S/C19H17N5O2S/c25-27(26)7-6-14(11-27)22-19-20-9-13-5-4-12(8-18(13)23-19)15-2-1-3-17-16(15)10-21-24-17/h1-5,8-10,14H,6-7,11H2,(H,21,24)(H,20,22,23). The zero-order valence-corrected chi connectivity index (χ0v) is 15.2. The van der Waals surface area contributed by atoms with E-state index in [1.54, 1.807) is 6.20 Å². The Morgan fingerprint density at radius 2 is 2.07 bits per heavy atom. The molecule has 2 aromatic heterocycles. The third-order valence-electron chi connectivity index (χ3n) is 4.94. The van der Waals surface area contributed by atoms with Crippen molar-refractivity contribution in [3.63, 3.8) is 0 Å². The largest absolute Gasteiger partial charge is 0.350 e. The lowest BCUT2D eigenvalue weighted by atomic mass is 10.0. The molecule has 5 rings (SSSR count). The highest BCUT2D eigenvalue weighted by molar-refractivity contribution is 7.91. The SMILES string of the molecule is O=S1(=O)CCC(Nc2ncc3ccc(-c4cccc5[nH]ncc45)cc3n2)C1. The Bertz CT molecular complexity index is 1270. The number of rotatable bonds is 3. The molecule has 136 valence electrons. The van der Waals surface area contributed by atoms with Gasteiger partial charge in [-0.3, -0.25) is 5.10 Å². The van der Waals surface area contributed by atoms with Crippen molar-refractivity contribution in [3.05, 3.63) is 48.8 Å². The Hall–Kier alpha value is -3.00. The second-order valence-electron chi connectivity index (χ2n) is 6.85. The summed E-state index contributed by atoms with van der Waals surface area (Å²) in [7, 11) is -2.94. The van der Waals surface area contributed by atoms with Crippen molar-refractivity contribution in [1.82, 2.24) is 20.2 Å². The number of benzene rings is 2. The van der Waals surface area contributed by atoms with E-state index in [1.807, 2.05) is 36.5 Å². The Kier molecular flexibility index (Phi) is 3.61. The van der Waals surface area contributed by atoms with Crippen LogP contribution < -0.4 is 5.32 Å². The molecule has 27 heavy (non-hydrogen) atoms. The predicted octanol–water partition coefficient (Wildman–Crippen LogP) is 2.77. The molecule has 0 aliphatic carbocycles. The summed E-state index contributed by atoms with van der Waals surface area (Å²) >= 11 is 0. The number of fused-ring (bicyclic) bond motifs is 2. The molecule has 0 bridgehead atoms. The quantitative estimate of drug-likeness (QED) is 0.568. The summed E-state index contributed by atoms with van der Waals surface area (Å²) in [5, 5.41) is 12.3. The molecule has 0 radical (unpaired) electrons. The highest BCUT2D eigenvalue weighted by Crippen LogP contribution is 2.29. The number of anilines is 1. The fourth-order valence-corrected chi connectivity index (χ4v) is 5.25. The molecule has 2 aromatic carbocycles. The monoisotopic (exact) mass is 379 g/mol. The van der Waals surface area contributed by atoms with Crippen LogP contribution in [0.1, 0.15) is 6.42 Å². The molecular weight excluding hydrogens is 362 g/mol. The van der Waals surface area contributed by atoms with E-state index in [4.69, 9.17) is 0 Å². The van der Waals surface area contributed by atoms with Gasteiger partial charge in [0.25, 0.3) is 0 Å². The lowest BCUT2D eigenvalue weighted by molar-refractivity contribution is 0.602. The minimum atomic E-state index is -2.94. The fourth-order valence-electron chi connectivity index (χ4n) is 3.57. The summed E-state index contributed by atoms with van der Waals surface area (Å²) < 4.78 is 23.3. The van der Waals surface area contributed by atoms with Gasteiger partial charge in [-0.2, -0.15) is 5.10 Å². The summed E-state index contributed by atoms with van der Waals surface area (Å²) in [6.45, 7) is 0. The molecule has 1 fully saturated rings. The maximum Gasteiger partial charge on any atom is 0.223 e. The second-order valence-corrected chi connectivity index (χ2v) is 9.08. The number of hydrogen-bond donors (Lipinski definition) is 2. The van der Waals surface area contributed by atoms with Gasteiger partial charge in [0.15, 0.2) is 9.84 Å². The third kappa shape index (κ3) is 3.02. The molecule has 2 N–H and O–H groups in total. The summed E-state index contributed by atoms with van der Waals surface area (Å²) in [4.78, 5) is 8.93. The number of aromatic nitrogens is 4. The molecular formula is C19H17N5O2S. The van der Waals surface area contributed by atoms with Crippen LogP contribution in [0.2, 0.25) is 0 Å². The molecule has 1 aliphatic heterocycles. The third-order valence-corrected chi connectivity index (χ3v) is 6.71. The number of hydrogen-bond acceptors (Lipinski definition) is 6. The minimum Gasteiger partial charge on any atom is -0.350 e. The van der Waals surface area contributed by atoms with E-state index >= 15 is 0 Å². The van der Waals surface area contributed by atoms with Crippen molar-refractivity contribution >= 4 is 37.6 Å². The number of nitrogens with zero attached hydrogens (tertiary/aromatic N) is 3. The Morgan fingerprint density at radius 1 is 1.15 bits per heavy atom. The van der Waals surface area contributed by atoms with Gasteiger partial charge in [-0.1, -0.05) is 24.3 Å². The van der Waals surface area contributed by atoms with Gasteiger partial charge in [0.2, 0.25) is 5.95 Å². The highest BCUT2D eigenvalue weighted by atomic mass is 32.2. The normalized spacial score (nSPS) is 18.9. The first-order chi connectivity index (χ1) is 13.1. The minimum absolute atomic E-state index is 0.129. The molecule has 1 saturated heterocycles. The van der Waals surface area contributed by atoms with Crippen molar-refractivity contribution in [2.24, 2.45) is 0 Å². The van der Waals surface area contributed by atoms with Crippen molar-refractivity contribution in [2.75, 3.05) is 16.8 Å². The van der Waals surface area contributed by atoms with Crippen molar-refractivity contribution < 1.29 is 8.42 Å². The van der Waals surface area contributed by atoms with Gasteiger partial charge in [-0.05, 0) is 29.7 Å². The van der Waals surface area contributed by atoms with Crippen LogP contribution in [0.3, 0.4) is 0 Å². The van der Waals surface area contributed by atoms with Crippen LogP contribution in [0.5, 0.6) is 0 Å². The molecule has 7 nitrogen and oxygen atoms in total. The van der Waals surface area contributed by atoms with E-state index in [0.717, 1.165) is 32.9 Å². The summed E-state index contributed by atoms with van der Waals surface area (Å²) in [6.07, 6.45) is 4.17. The van der Waals surface area contributed by atoms with E-state index in [2.05, 4.69) is 31.5 Å². The zero-order chi connectivity index (χ0) is 18.4. The van der Waals surface area contributed by atoms with Gasteiger partial charge in [0, 0.05) is 23.0 Å². The number of aromatic amines is 1. The van der Waals surface area contributed by atoms with Crippen LogP contribution >= 0.6 is 0 Å². The second kappa shape index (κ2) is 6.02. The van der Waals surface area contributed by atoms with E-state index in [0.29, 0.717) is 12.4 Å². The van der Waals surface area contributed by atoms with Crippen LogP contribution in [0.15, 0.2) is 48.8 Å². The average Bonchev–Trinajstić information content (AvgIpc) is 3.27. The lowest BCUT2D eigenvalue weighted by Gasteiger charge is -2.11. The number of sulfone groups is 1. The molecule has 8 heteroatoms. The fraction of sp³-hybridized carbons (Fsp3) is 0.211. The highest BCUT2D eigenvalue weighted by Gasteiger charge is 2.28. The Labute approximate surface area is 155 Å². The summed E-state index contributed by atoms with van der Waals surface area (Å²) in [5.41, 5.74) is 3.92. The summed E-state index contributed by atoms with van der Waals surface area (Å²) in [5.74, 6) is 0.817. The van der Waals surface area contributed by atoms with Crippen molar-refractivity contribution in [2.45, 2.75) is 12.5 Å². The lowest BCUT2D eigenvalue weighted by Crippen LogP contribution is -2.21. The maximum atomic E-state index is 11.6. The molecule has 4 aromatic rings. The predicted molar refractivity (Wildman–Crippen MR) is 105 cm³/mol. The van der Waals surface area contributed by atoms with Gasteiger partial charge < -0.3 is 5.32 Å². The van der Waals surface area contributed by atoms with E-state index in [1.165, 1.54) is 0 Å².